The molecule has 1 unspecified atom stereocenters. The molecule has 0 amide bonds. The summed E-state index contributed by atoms with van der Waals surface area (Å²) in [6, 6.07) is 0. The maximum atomic E-state index is 11.6. The van der Waals surface area contributed by atoms with Gasteiger partial charge in [0.05, 0.1) is 12.9 Å². The number of nitrogens with one attached hydrogen (secondary N) is 1. The molecule has 0 saturated carbocycles. The van der Waals surface area contributed by atoms with Gasteiger partial charge in [-0.15, -0.1) is 6.58 Å². The molecule has 0 aliphatic heterocycles. The van der Waals surface area contributed by atoms with Crippen molar-refractivity contribution in [1.82, 2.24) is 5.09 Å². The third kappa shape index (κ3) is 6.21. The number of rotatable bonds is 7. The second-order valence-electron chi connectivity index (χ2n) is 1.83. The summed E-state index contributed by atoms with van der Waals surface area (Å²) in [5, 5.41) is 2.62. The molecule has 0 aromatic carbocycles. The molecule has 13 heavy (non-hydrogen) atoms. The molecule has 1 N–H and O–H groups in total. The van der Waals surface area contributed by atoms with E-state index in [1.54, 1.807) is 6.08 Å². The van der Waals surface area contributed by atoms with Crippen LogP contribution in [0, 0.1) is 0 Å². The standard InChI is InChI=1S/C6H13N2O2PS2/c1-4-5-7-6-8-11(9,10-2)13-12-3/h4,6H,1,5H2,2-3H3,(H,7,8,9). The van der Waals surface area contributed by atoms with E-state index < -0.39 is 6.72 Å². The van der Waals surface area contributed by atoms with Gasteiger partial charge in [-0.2, -0.15) is 0 Å². The van der Waals surface area contributed by atoms with Crippen LogP contribution in [0.2, 0.25) is 0 Å². The molecule has 0 aromatic rings. The van der Waals surface area contributed by atoms with E-state index in [2.05, 4.69) is 16.7 Å². The maximum absolute atomic E-state index is 11.6. The highest BCUT2D eigenvalue weighted by atomic mass is 33.3. The largest absolute Gasteiger partial charge is 0.361 e. The third-order valence-corrected chi connectivity index (χ3v) is 7.12. The topological polar surface area (TPSA) is 50.7 Å². The Morgan fingerprint density at radius 1 is 1.77 bits per heavy atom. The highest BCUT2D eigenvalue weighted by Crippen LogP contribution is 2.59. The van der Waals surface area contributed by atoms with Crippen LogP contribution in [0.5, 0.6) is 0 Å². The highest BCUT2D eigenvalue weighted by Gasteiger charge is 2.19. The van der Waals surface area contributed by atoms with Crippen LogP contribution in [0.1, 0.15) is 0 Å². The Balaban J connectivity index is 3.96. The summed E-state index contributed by atoms with van der Waals surface area (Å²) in [7, 11) is 3.94. The lowest BCUT2D eigenvalue weighted by Crippen LogP contribution is -2.06. The second-order valence-corrected chi connectivity index (χ2v) is 8.16. The average molecular weight is 240 g/mol. The third-order valence-electron chi connectivity index (χ3n) is 0.955. The summed E-state index contributed by atoms with van der Waals surface area (Å²) in [5.41, 5.74) is 0. The minimum absolute atomic E-state index is 0.501. The minimum Gasteiger partial charge on any atom is -0.309 e. The van der Waals surface area contributed by atoms with Crippen molar-refractivity contribution in [3.05, 3.63) is 12.7 Å². The number of aliphatic imine (C=N–C) groups is 1. The fraction of sp³-hybridized carbons (Fsp3) is 0.500. The van der Waals surface area contributed by atoms with E-state index >= 15 is 0 Å². The average Bonchev–Trinajstić information content (AvgIpc) is 2.13. The molecule has 0 spiro atoms. The molecule has 1 atom stereocenters. The Morgan fingerprint density at radius 3 is 2.92 bits per heavy atom. The van der Waals surface area contributed by atoms with E-state index in [9.17, 15) is 4.57 Å². The van der Waals surface area contributed by atoms with E-state index in [1.165, 1.54) is 24.2 Å². The fourth-order valence-electron chi connectivity index (χ4n) is 0.442. The van der Waals surface area contributed by atoms with Crippen molar-refractivity contribution in [2.45, 2.75) is 0 Å². The SMILES string of the molecule is C=CCN=CNP(=O)(OC)SSC. The summed E-state index contributed by atoms with van der Waals surface area (Å²) in [6.45, 7) is 1.21. The van der Waals surface area contributed by atoms with Crippen LogP contribution < -0.4 is 5.09 Å². The summed E-state index contributed by atoms with van der Waals surface area (Å²) >= 11 is 0. The summed E-state index contributed by atoms with van der Waals surface area (Å²) in [6.07, 6.45) is 4.87. The van der Waals surface area contributed by atoms with Crippen LogP contribution in [-0.4, -0.2) is 26.2 Å². The van der Waals surface area contributed by atoms with Crippen molar-refractivity contribution < 1.29 is 9.09 Å². The van der Waals surface area contributed by atoms with Crippen molar-refractivity contribution >= 4 is 34.3 Å². The Morgan fingerprint density at radius 2 is 2.46 bits per heavy atom. The van der Waals surface area contributed by atoms with Gasteiger partial charge in [-0.3, -0.25) is 14.6 Å². The van der Waals surface area contributed by atoms with Crippen molar-refractivity contribution in [2.75, 3.05) is 19.9 Å². The molecular weight excluding hydrogens is 227 g/mol. The van der Waals surface area contributed by atoms with Crippen molar-refractivity contribution in [3.8, 4) is 0 Å². The summed E-state index contributed by atoms with van der Waals surface area (Å²) in [4.78, 5) is 3.88. The van der Waals surface area contributed by atoms with Crippen LogP contribution in [0.4, 0.5) is 0 Å². The molecule has 0 aromatic heterocycles. The van der Waals surface area contributed by atoms with Gasteiger partial charge in [0.2, 0.25) is 0 Å². The molecule has 0 fully saturated rings. The van der Waals surface area contributed by atoms with Crippen LogP contribution >= 0.6 is 27.9 Å². The summed E-state index contributed by atoms with van der Waals surface area (Å²) in [5.74, 6) is 0. The molecule has 0 aliphatic carbocycles. The molecule has 0 radical (unpaired) electrons. The first-order valence-corrected chi connectivity index (χ1v) is 8.22. The fourth-order valence-corrected chi connectivity index (χ4v) is 4.81. The molecule has 0 heterocycles. The molecule has 0 saturated heterocycles. The van der Waals surface area contributed by atoms with Gasteiger partial charge in [0, 0.05) is 17.5 Å². The minimum atomic E-state index is -2.79. The van der Waals surface area contributed by atoms with Crippen molar-refractivity contribution in [3.63, 3.8) is 0 Å². The lowest BCUT2D eigenvalue weighted by Gasteiger charge is -2.11. The van der Waals surface area contributed by atoms with Gasteiger partial charge < -0.3 is 4.52 Å². The molecule has 0 rings (SSSR count). The van der Waals surface area contributed by atoms with E-state index in [0.29, 0.717) is 6.54 Å². The van der Waals surface area contributed by atoms with Gasteiger partial charge in [-0.25, -0.2) is 0 Å². The zero-order chi connectivity index (χ0) is 10.2. The highest BCUT2D eigenvalue weighted by molar-refractivity contribution is 8.98. The van der Waals surface area contributed by atoms with Crippen LogP contribution in [0.25, 0.3) is 0 Å². The van der Waals surface area contributed by atoms with Crippen molar-refractivity contribution in [1.29, 1.82) is 0 Å². The number of hydrogen-bond donors (Lipinski definition) is 1. The van der Waals surface area contributed by atoms with Crippen LogP contribution in [-0.2, 0) is 9.09 Å². The van der Waals surface area contributed by atoms with Crippen LogP contribution in [0.15, 0.2) is 17.6 Å². The quantitative estimate of drug-likeness (QED) is 0.244. The van der Waals surface area contributed by atoms with Gasteiger partial charge in [0.25, 0.3) is 0 Å². The predicted molar refractivity (Wildman–Crippen MR) is 62.4 cm³/mol. The number of hydrogen-bond acceptors (Lipinski definition) is 5. The van der Waals surface area contributed by atoms with Gasteiger partial charge >= 0.3 is 6.72 Å². The number of nitrogens with zero attached hydrogens (tertiary/aromatic N) is 1. The maximum Gasteiger partial charge on any atom is 0.361 e. The Hall–Kier alpha value is 0.1000. The molecule has 0 bridgehead atoms. The second kappa shape index (κ2) is 7.50. The molecule has 7 heteroatoms. The molecule has 4 nitrogen and oxygen atoms in total. The smallest absolute Gasteiger partial charge is 0.309 e. The first-order valence-electron chi connectivity index (χ1n) is 3.43. The van der Waals surface area contributed by atoms with Crippen LogP contribution in [0.3, 0.4) is 0 Å². The van der Waals surface area contributed by atoms with Gasteiger partial charge in [-0.05, 0) is 6.26 Å². The van der Waals surface area contributed by atoms with E-state index in [0.717, 1.165) is 10.4 Å². The van der Waals surface area contributed by atoms with Gasteiger partial charge in [0.1, 0.15) is 0 Å². The zero-order valence-electron chi connectivity index (χ0n) is 7.60. The Bertz CT molecular complexity index is 223. The first kappa shape index (κ1) is 13.1. The predicted octanol–water partition coefficient (Wildman–Crippen LogP) is 2.56. The first-order chi connectivity index (χ1) is 6.18. The normalized spacial score (nSPS) is 15.5. The zero-order valence-corrected chi connectivity index (χ0v) is 10.1. The lowest BCUT2D eigenvalue weighted by molar-refractivity contribution is 0.406. The van der Waals surface area contributed by atoms with E-state index in [4.69, 9.17) is 4.52 Å². The van der Waals surface area contributed by atoms with E-state index in [1.807, 2.05) is 6.26 Å². The molecule has 0 aliphatic rings. The summed E-state index contributed by atoms with van der Waals surface area (Å²) < 4.78 is 16.5. The lowest BCUT2D eigenvalue weighted by atomic mass is 10.7. The molecular formula is C6H13N2O2PS2. The Kier molecular flexibility index (Phi) is 7.56. The molecule has 76 valence electrons. The van der Waals surface area contributed by atoms with Gasteiger partial charge in [-0.1, -0.05) is 16.9 Å². The van der Waals surface area contributed by atoms with Crippen molar-refractivity contribution in [2.24, 2.45) is 4.99 Å². The monoisotopic (exact) mass is 240 g/mol. The Labute approximate surface area is 86.3 Å². The van der Waals surface area contributed by atoms with E-state index in [-0.39, 0.29) is 0 Å². The van der Waals surface area contributed by atoms with Gasteiger partial charge in [0.15, 0.2) is 0 Å².